The van der Waals surface area contributed by atoms with Crippen molar-refractivity contribution in [2.45, 2.75) is 0 Å². The molecule has 2 N–H and O–H groups in total. The van der Waals surface area contributed by atoms with Gasteiger partial charge in [0.1, 0.15) is 5.65 Å². The van der Waals surface area contributed by atoms with E-state index in [1.165, 1.54) is 0 Å². The number of fused-ring (bicyclic) bond motifs is 1. The summed E-state index contributed by atoms with van der Waals surface area (Å²) in [4.78, 5) is 22.7. The van der Waals surface area contributed by atoms with Gasteiger partial charge in [0.15, 0.2) is 0 Å². The van der Waals surface area contributed by atoms with Gasteiger partial charge in [-0.3, -0.25) is 4.79 Å². The van der Waals surface area contributed by atoms with Gasteiger partial charge in [-0.05, 0) is 29.3 Å². The molecule has 0 radical (unpaired) electrons. The number of nitrogens with one attached hydrogen (secondary N) is 2. The number of aromatic nitrogens is 2. The lowest BCUT2D eigenvalue weighted by Gasteiger charge is -2.27. The number of aromatic amines is 1. The predicted molar refractivity (Wildman–Crippen MR) is 116 cm³/mol. The molecule has 0 saturated carbocycles. The van der Waals surface area contributed by atoms with E-state index in [2.05, 4.69) is 33.5 Å². The van der Waals surface area contributed by atoms with Gasteiger partial charge in [0.25, 0.3) is 5.91 Å². The third-order valence-electron chi connectivity index (χ3n) is 5.46. The van der Waals surface area contributed by atoms with E-state index < -0.39 is 0 Å². The van der Waals surface area contributed by atoms with Gasteiger partial charge in [-0.25, -0.2) is 4.98 Å². The van der Waals surface area contributed by atoms with Crippen LogP contribution in [0.2, 0.25) is 0 Å². The Morgan fingerprint density at radius 2 is 1.69 bits per heavy atom. The second-order valence-electron chi connectivity index (χ2n) is 7.31. The van der Waals surface area contributed by atoms with Crippen molar-refractivity contribution in [3.8, 4) is 22.3 Å². The van der Waals surface area contributed by atoms with Crippen LogP contribution in [0.15, 0.2) is 73.1 Å². The van der Waals surface area contributed by atoms with Crippen LogP contribution in [0, 0.1) is 0 Å². The largest absolute Gasteiger partial charge is 0.346 e. The molecule has 1 amide bonds. The minimum Gasteiger partial charge on any atom is -0.346 e. The Morgan fingerprint density at radius 1 is 0.897 bits per heavy atom. The van der Waals surface area contributed by atoms with Crippen LogP contribution < -0.4 is 5.32 Å². The minimum atomic E-state index is 0.0917. The number of hydrogen-bond acceptors (Lipinski definition) is 3. The van der Waals surface area contributed by atoms with E-state index in [0.717, 1.165) is 65.0 Å². The molecule has 3 heterocycles. The minimum absolute atomic E-state index is 0.0917. The van der Waals surface area contributed by atoms with Crippen LogP contribution in [0.25, 0.3) is 33.3 Å². The molecule has 144 valence electrons. The lowest BCUT2D eigenvalue weighted by atomic mass is 10.0. The molecule has 0 spiro atoms. The van der Waals surface area contributed by atoms with E-state index in [1.807, 2.05) is 59.8 Å². The average molecular weight is 382 g/mol. The number of hydrogen-bond donors (Lipinski definition) is 2. The zero-order chi connectivity index (χ0) is 19.6. The van der Waals surface area contributed by atoms with Gasteiger partial charge in [0, 0.05) is 60.6 Å². The van der Waals surface area contributed by atoms with Crippen LogP contribution in [0.4, 0.5) is 0 Å². The summed E-state index contributed by atoms with van der Waals surface area (Å²) in [5.74, 6) is 0.0917. The van der Waals surface area contributed by atoms with E-state index in [-0.39, 0.29) is 5.91 Å². The van der Waals surface area contributed by atoms with Crippen molar-refractivity contribution < 1.29 is 4.79 Å². The monoisotopic (exact) mass is 382 g/mol. The first-order chi connectivity index (χ1) is 14.3. The number of nitrogens with zero attached hydrogens (tertiary/aromatic N) is 2. The van der Waals surface area contributed by atoms with Crippen LogP contribution in [0.3, 0.4) is 0 Å². The summed E-state index contributed by atoms with van der Waals surface area (Å²) in [5, 5.41) is 4.36. The van der Waals surface area contributed by atoms with Crippen molar-refractivity contribution in [2.75, 3.05) is 26.2 Å². The Labute approximate surface area is 169 Å². The number of carbonyl (C=O) groups is 1. The standard InChI is InChI=1S/C24H22N4O/c29-24(28-11-9-25-10-12-28)19-8-4-7-18(13-19)20-14-21-22(16-27-23(21)26-15-20)17-5-2-1-3-6-17/h1-8,13-16,25H,9-12H2,(H,26,27). The SMILES string of the molecule is O=C(c1cccc(-c2cnc3[nH]cc(-c4ccccc4)c3c2)c1)N1CCNCC1. The second kappa shape index (κ2) is 7.53. The average Bonchev–Trinajstić information content (AvgIpc) is 3.23. The Hall–Kier alpha value is -3.44. The first-order valence-corrected chi connectivity index (χ1v) is 9.92. The molecule has 1 saturated heterocycles. The first kappa shape index (κ1) is 17.6. The summed E-state index contributed by atoms with van der Waals surface area (Å²) in [7, 11) is 0. The topological polar surface area (TPSA) is 61.0 Å². The number of benzene rings is 2. The molecule has 0 atom stereocenters. The summed E-state index contributed by atoms with van der Waals surface area (Å²) in [6.45, 7) is 3.20. The molecule has 0 bridgehead atoms. The van der Waals surface area contributed by atoms with Crippen molar-refractivity contribution in [1.29, 1.82) is 0 Å². The number of rotatable bonds is 3. The smallest absolute Gasteiger partial charge is 0.253 e. The van der Waals surface area contributed by atoms with Gasteiger partial charge in [-0.2, -0.15) is 0 Å². The fourth-order valence-electron chi connectivity index (χ4n) is 3.90. The van der Waals surface area contributed by atoms with Gasteiger partial charge < -0.3 is 15.2 Å². The van der Waals surface area contributed by atoms with E-state index in [0.29, 0.717) is 0 Å². The Morgan fingerprint density at radius 3 is 2.52 bits per heavy atom. The summed E-state index contributed by atoms with van der Waals surface area (Å²) in [6, 6.07) is 20.3. The Balaban J connectivity index is 1.52. The lowest BCUT2D eigenvalue weighted by molar-refractivity contribution is 0.0736. The number of pyridine rings is 1. The third-order valence-corrected chi connectivity index (χ3v) is 5.46. The van der Waals surface area contributed by atoms with Gasteiger partial charge in [-0.15, -0.1) is 0 Å². The summed E-state index contributed by atoms with van der Waals surface area (Å²) < 4.78 is 0. The molecule has 1 aliphatic rings. The molecule has 2 aromatic carbocycles. The summed E-state index contributed by atoms with van der Waals surface area (Å²) in [6.07, 6.45) is 3.86. The Bertz CT molecular complexity index is 1160. The maximum Gasteiger partial charge on any atom is 0.253 e. The molecule has 4 aromatic rings. The fourth-order valence-corrected chi connectivity index (χ4v) is 3.90. The zero-order valence-corrected chi connectivity index (χ0v) is 16.1. The van der Waals surface area contributed by atoms with Crippen LogP contribution >= 0.6 is 0 Å². The number of carbonyl (C=O) groups excluding carboxylic acids is 1. The maximum atomic E-state index is 12.9. The van der Waals surface area contributed by atoms with E-state index in [9.17, 15) is 4.79 Å². The van der Waals surface area contributed by atoms with Crippen molar-refractivity contribution in [3.63, 3.8) is 0 Å². The highest BCUT2D eigenvalue weighted by Gasteiger charge is 2.18. The predicted octanol–water partition coefficient (Wildman–Crippen LogP) is 3.94. The maximum absolute atomic E-state index is 12.9. The molecule has 1 fully saturated rings. The molecule has 0 unspecified atom stereocenters. The molecule has 5 nitrogen and oxygen atoms in total. The third kappa shape index (κ3) is 3.41. The lowest BCUT2D eigenvalue weighted by Crippen LogP contribution is -2.46. The number of amides is 1. The molecule has 29 heavy (non-hydrogen) atoms. The zero-order valence-electron chi connectivity index (χ0n) is 16.1. The van der Waals surface area contributed by atoms with E-state index in [4.69, 9.17) is 0 Å². The summed E-state index contributed by atoms with van der Waals surface area (Å²) >= 11 is 0. The highest BCUT2D eigenvalue weighted by atomic mass is 16.2. The van der Waals surface area contributed by atoms with Gasteiger partial charge in [0.2, 0.25) is 0 Å². The number of H-pyrrole nitrogens is 1. The molecule has 5 rings (SSSR count). The normalized spacial score (nSPS) is 14.3. The molecule has 2 aromatic heterocycles. The Kier molecular flexibility index (Phi) is 4.58. The molecule has 0 aliphatic carbocycles. The molecule has 1 aliphatic heterocycles. The fraction of sp³-hybridized carbons (Fsp3) is 0.167. The highest BCUT2D eigenvalue weighted by molar-refractivity contribution is 5.97. The second-order valence-corrected chi connectivity index (χ2v) is 7.31. The van der Waals surface area contributed by atoms with Crippen LogP contribution in [0.1, 0.15) is 10.4 Å². The van der Waals surface area contributed by atoms with Crippen molar-refractivity contribution in [1.82, 2.24) is 20.2 Å². The van der Waals surface area contributed by atoms with Crippen molar-refractivity contribution >= 4 is 16.9 Å². The molecular formula is C24H22N4O. The molecule has 5 heteroatoms. The quantitative estimate of drug-likeness (QED) is 0.564. The molecular weight excluding hydrogens is 360 g/mol. The van der Waals surface area contributed by atoms with Crippen LogP contribution in [-0.4, -0.2) is 47.0 Å². The van der Waals surface area contributed by atoms with Gasteiger partial charge in [-0.1, -0.05) is 42.5 Å². The number of piperazine rings is 1. The van der Waals surface area contributed by atoms with Crippen LogP contribution in [0.5, 0.6) is 0 Å². The van der Waals surface area contributed by atoms with Gasteiger partial charge >= 0.3 is 0 Å². The van der Waals surface area contributed by atoms with Crippen molar-refractivity contribution in [2.24, 2.45) is 0 Å². The van der Waals surface area contributed by atoms with E-state index >= 15 is 0 Å². The van der Waals surface area contributed by atoms with Gasteiger partial charge in [0.05, 0.1) is 0 Å². The first-order valence-electron chi connectivity index (χ1n) is 9.92. The van der Waals surface area contributed by atoms with Crippen molar-refractivity contribution in [3.05, 3.63) is 78.6 Å². The van der Waals surface area contributed by atoms with Crippen LogP contribution in [-0.2, 0) is 0 Å². The highest BCUT2D eigenvalue weighted by Crippen LogP contribution is 2.31. The summed E-state index contributed by atoms with van der Waals surface area (Å²) in [5.41, 5.74) is 5.87. The van der Waals surface area contributed by atoms with E-state index in [1.54, 1.807) is 0 Å².